The lowest BCUT2D eigenvalue weighted by Crippen LogP contribution is -2.02. The molecule has 0 radical (unpaired) electrons. The van der Waals surface area contributed by atoms with E-state index in [1.54, 1.807) is 12.2 Å². The lowest BCUT2D eigenvalue weighted by atomic mass is 10.2. The Morgan fingerprint density at radius 1 is 1.25 bits per heavy atom. The molecular weight excluding hydrogens is 254 g/mol. The Kier molecular flexibility index (Phi) is 9.31. The Hall–Kier alpha value is -2.36. The summed E-state index contributed by atoms with van der Waals surface area (Å²) in [6, 6.07) is 0. The number of ether oxygens (including phenoxy) is 1. The van der Waals surface area contributed by atoms with Gasteiger partial charge in [0, 0.05) is 6.08 Å². The zero-order valence-electron chi connectivity index (χ0n) is 12.2. The third-order valence-electron chi connectivity index (χ3n) is 2.16. The standard InChI is InChI=1S/C16H21NO3/c1-5-7-8-9-15(4)20-16(6-2)11-10-14(3)12-13-17(18)19/h5-13,15H,3H2,1-2,4H3/b7-5-,9-8-,11-10-,13-12+,16-6+. The van der Waals surface area contributed by atoms with E-state index in [1.807, 2.05) is 51.2 Å². The maximum absolute atomic E-state index is 10.2. The topological polar surface area (TPSA) is 52.4 Å². The van der Waals surface area contributed by atoms with Gasteiger partial charge < -0.3 is 4.74 Å². The number of nitro groups is 1. The van der Waals surface area contributed by atoms with Gasteiger partial charge in [-0.25, -0.2) is 0 Å². The Morgan fingerprint density at radius 2 is 1.95 bits per heavy atom. The average Bonchev–Trinajstić information content (AvgIpc) is 2.41. The van der Waals surface area contributed by atoms with Crippen molar-refractivity contribution in [1.29, 1.82) is 0 Å². The first-order valence-electron chi connectivity index (χ1n) is 6.30. The number of nitrogens with zero attached hydrogens (tertiary/aromatic N) is 1. The number of hydrogen-bond acceptors (Lipinski definition) is 3. The minimum absolute atomic E-state index is 0.0652. The van der Waals surface area contributed by atoms with Crippen LogP contribution in [-0.2, 0) is 4.74 Å². The van der Waals surface area contributed by atoms with Crippen molar-refractivity contribution in [3.05, 3.63) is 82.8 Å². The Morgan fingerprint density at radius 3 is 2.50 bits per heavy atom. The fraction of sp³-hybridized carbons (Fsp3) is 0.250. The van der Waals surface area contributed by atoms with Crippen LogP contribution in [0.3, 0.4) is 0 Å². The van der Waals surface area contributed by atoms with Crippen LogP contribution in [0.15, 0.2) is 72.7 Å². The minimum Gasteiger partial charge on any atom is -0.487 e. The molecule has 4 heteroatoms. The van der Waals surface area contributed by atoms with Crippen LogP contribution in [0.25, 0.3) is 0 Å². The van der Waals surface area contributed by atoms with E-state index in [9.17, 15) is 10.1 Å². The maximum Gasteiger partial charge on any atom is 0.235 e. The van der Waals surface area contributed by atoms with E-state index < -0.39 is 4.92 Å². The molecule has 1 atom stereocenters. The van der Waals surface area contributed by atoms with Crippen molar-refractivity contribution in [3.63, 3.8) is 0 Å². The summed E-state index contributed by atoms with van der Waals surface area (Å²) in [6.45, 7) is 9.42. The van der Waals surface area contributed by atoms with Gasteiger partial charge in [-0.3, -0.25) is 10.1 Å². The fourth-order valence-electron chi connectivity index (χ4n) is 1.19. The van der Waals surface area contributed by atoms with E-state index in [4.69, 9.17) is 4.74 Å². The molecule has 0 heterocycles. The molecule has 0 aliphatic carbocycles. The van der Waals surface area contributed by atoms with Crippen molar-refractivity contribution < 1.29 is 9.66 Å². The second-order valence-corrected chi connectivity index (χ2v) is 3.93. The first-order valence-corrected chi connectivity index (χ1v) is 6.30. The second kappa shape index (κ2) is 10.6. The third-order valence-corrected chi connectivity index (χ3v) is 2.16. The van der Waals surface area contributed by atoms with Gasteiger partial charge >= 0.3 is 0 Å². The highest BCUT2D eigenvalue weighted by Gasteiger charge is 1.98. The predicted molar refractivity (Wildman–Crippen MR) is 82.7 cm³/mol. The van der Waals surface area contributed by atoms with Crippen LogP contribution < -0.4 is 0 Å². The third kappa shape index (κ3) is 9.65. The first-order chi connectivity index (χ1) is 9.49. The molecule has 0 spiro atoms. The molecule has 0 fully saturated rings. The summed E-state index contributed by atoms with van der Waals surface area (Å²) in [7, 11) is 0. The predicted octanol–water partition coefficient (Wildman–Crippen LogP) is 4.33. The quantitative estimate of drug-likeness (QED) is 0.287. The molecule has 0 N–H and O–H groups in total. The average molecular weight is 275 g/mol. The van der Waals surface area contributed by atoms with Gasteiger partial charge in [0.05, 0.1) is 4.92 Å². The first kappa shape index (κ1) is 17.6. The molecule has 0 aromatic rings. The molecule has 4 nitrogen and oxygen atoms in total. The SMILES string of the molecule is C=C(/C=C\C(=C/C)OC(C)/C=C\C=C/C)/C=C/[N+](=O)[O-]. The van der Waals surface area contributed by atoms with Crippen LogP contribution in [0.2, 0.25) is 0 Å². The summed E-state index contributed by atoms with van der Waals surface area (Å²) < 4.78 is 5.68. The van der Waals surface area contributed by atoms with Crippen molar-refractivity contribution >= 4 is 0 Å². The molecule has 0 rings (SSSR count). The second-order valence-electron chi connectivity index (χ2n) is 3.93. The molecule has 20 heavy (non-hydrogen) atoms. The zero-order valence-corrected chi connectivity index (χ0v) is 12.2. The molecule has 0 amide bonds. The van der Waals surface area contributed by atoms with E-state index in [-0.39, 0.29) is 6.10 Å². The van der Waals surface area contributed by atoms with Gasteiger partial charge in [-0.15, -0.1) is 0 Å². The Labute approximate surface area is 120 Å². The molecule has 0 saturated carbocycles. The molecule has 0 aromatic carbocycles. The van der Waals surface area contributed by atoms with Crippen molar-refractivity contribution in [3.8, 4) is 0 Å². The van der Waals surface area contributed by atoms with Gasteiger partial charge in [-0.2, -0.15) is 0 Å². The molecule has 1 unspecified atom stereocenters. The van der Waals surface area contributed by atoms with Crippen LogP contribution in [-0.4, -0.2) is 11.0 Å². The molecule has 0 saturated heterocycles. The van der Waals surface area contributed by atoms with E-state index in [0.29, 0.717) is 11.3 Å². The summed E-state index contributed by atoms with van der Waals surface area (Å²) in [4.78, 5) is 9.65. The number of rotatable bonds is 8. The lowest BCUT2D eigenvalue weighted by Gasteiger charge is -2.11. The van der Waals surface area contributed by atoms with E-state index in [1.165, 1.54) is 6.08 Å². The Bertz CT molecular complexity index is 468. The largest absolute Gasteiger partial charge is 0.487 e. The maximum atomic E-state index is 10.2. The monoisotopic (exact) mass is 275 g/mol. The van der Waals surface area contributed by atoms with Crippen LogP contribution >= 0.6 is 0 Å². The van der Waals surface area contributed by atoms with Gasteiger partial charge in [0.2, 0.25) is 6.20 Å². The van der Waals surface area contributed by atoms with Gasteiger partial charge in [-0.05, 0) is 44.6 Å². The summed E-state index contributed by atoms with van der Waals surface area (Å²) in [5, 5.41) is 10.2. The van der Waals surface area contributed by atoms with Crippen molar-refractivity contribution in [2.75, 3.05) is 0 Å². The summed E-state index contributed by atoms with van der Waals surface area (Å²) in [6.07, 6.45) is 15.0. The number of hydrogen-bond donors (Lipinski definition) is 0. The van der Waals surface area contributed by atoms with Gasteiger partial charge in [0.25, 0.3) is 0 Å². The minimum atomic E-state index is -0.528. The molecule has 0 aromatic heterocycles. The highest BCUT2D eigenvalue weighted by Crippen LogP contribution is 2.08. The fourth-order valence-corrected chi connectivity index (χ4v) is 1.19. The zero-order chi connectivity index (χ0) is 15.4. The van der Waals surface area contributed by atoms with E-state index in [2.05, 4.69) is 6.58 Å². The van der Waals surface area contributed by atoms with Crippen LogP contribution in [0.5, 0.6) is 0 Å². The Balaban J connectivity index is 4.49. The highest BCUT2D eigenvalue weighted by atomic mass is 16.6. The number of allylic oxidation sites excluding steroid dienone is 8. The molecule has 0 bridgehead atoms. The van der Waals surface area contributed by atoms with E-state index >= 15 is 0 Å². The lowest BCUT2D eigenvalue weighted by molar-refractivity contribution is -0.402. The van der Waals surface area contributed by atoms with E-state index in [0.717, 1.165) is 6.20 Å². The van der Waals surface area contributed by atoms with Crippen molar-refractivity contribution in [1.82, 2.24) is 0 Å². The van der Waals surface area contributed by atoms with Crippen LogP contribution in [0, 0.1) is 10.1 Å². The summed E-state index contributed by atoms with van der Waals surface area (Å²) >= 11 is 0. The molecule has 108 valence electrons. The van der Waals surface area contributed by atoms with Gasteiger partial charge in [-0.1, -0.05) is 30.9 Å². The smallest absolute Gasteiger partial charge is 0.235 e. The summed E-state index contributed by atoms with van der Waals surface area (Å²) in [5.74, 6) is 0.679. The van der Waals surface area contributed by atoms with Crippen molar-refractivity contribution in [2.45, 2.75) is 26.9 Å². The van der Waals surface area contributed by atoms with Gasteiger partial charge in [0.1, 0.15) is 11.9 Å². The summed E-state index contributed by atoms with van der Waals surface area (Å²) in [5.41, 5.74) is 0.529. The van der Waals surface area contributed by atoms with Gasteiger partial charge in [0.15, 0.2) is 0 Å². The normalized spacial score (nSPS) is 14.7. The molecule has 0 aliphatic rings. The molecule has 0 aliphatic heterocycles. The molecular formula is C16H21NO3. The van der Waals surface area contributed by atoms with Crippen LogP contribution in [0.4, 0.5) is 0 Å². The van der Waals surface area contributed by atoms with Crippen molar-refractivity contribution in [2.24, 2.45) is 0 Å². The highest BCUT2D eigenvalue weighted by molar-refractivity contribution is 5.30. The van der Waals surface area contributed by atoms with Crippen LogP contribution in [0.1, 0.15) is 20.8 Å².